The summed E-state index contributed by atoms with van der Waals surface area (Å²) in [6, 6.07) is 11.5. The summed E-state index contributed by atoms with van der Waals surface area (Å²) in [5.74, 6) is 1.01. The molecule has 0 N–H and O–H groups in total. The summed E-state index contributed by atoms with van der Waals surface area (Å²) in [4.78, 5) is 19.9. The first kappa shape index (κ1) is 16.8. The lowest BCUT2D eigenvalue weighted by Gasteiger charge is -2.25. The van der Waals surface area contributed by atoms with E-state index >= 15 is 0 Å². The summed E-state index contributed by atoms with van der Waals surface area (Å²) in [6.07, 6.45) is 1.88. The van der Waals surface area contributed by atoms with Gasteiger partial charge >= 0.3 is 0 Å². The zero-order chi connectivity index (χ0) is 18.4. The van der Waals surface area contributed by atoms with Gasteiger partial charge in [0.25, 0.3) is 5.91 Å². The van der Waals surface area contributed by atoms with Crippen molar-refractivity contribution in [2.24, 2.45) is 0 Å². The number of nitrogens with zero attached hydrogens (tertiary/aromatic N) is 2. The number of carbonyl (C=O) groups is 1. The average Bonchev–Trinajstić information content (AvgIpc) is 3.34. The Morgan fingerprint density at radius 3 is 2.96 bits per heavy atom. The van der Waals surface area contributed by atoms with E-state index in [-0.39, 0.29) is 11.9 Å². The molecule has 0 saturated carbocycles. The molecule has 1 aromatic heterocycles. The van der Waals surface area contributed by atoms with E-state index in [2.05, 4.69) is 6.07 Å². The van der Waals surface area contributed by atoms with Crippen LogP contribution in [0.5, 0.6) is 11.5 Å². The van der Waals surface area contributed by atoms with Crippen LogP contribution in [0.2, 0.25) is 5.02 Å². The molecule has 1 fully saturated rings. The van der Waals surface area contributed by atoms with Gasteiger partial charge in [-0.05, 0) is 37.1 Å². The summed E-state index contributed by atoms with van der Waals surface area (Å²) >= 11 is 7.98. The number of rotatable bonds is 2. The zero-order valence-corrected chi connectivity index (χ0v) is 16.1. The number of aromatic nitrogens is 1. The van der Waals surface area contributed by atoms with Crippen LogP contribution in [0.4, 0.5) is 0 Å². The topological polar surface area (TPSA) is 51.7 Å². The third-order valence-electron chi connectivity index (χ3n) is 4.95. The number of hydrogen-bond acceptors (Lipinski definition) is 5. The van der Waals surface area contributed by atoms with E-state index in [1.54, 1.807) is 23.5 Å². The first-order valence-corrected chi connectivity index (χ1v) is 10.2. The van der Waals surface area contributed by atoms with Crippen molar-refractivity contribution in [1.82, 2.24) is 9.88 Å². The van der Waals surface area contributed by atoms with Gasteiger partial charge < -0.3 is 14.4 Å². The van der Waals surface area contributed by atoms with Crippen LogP contribution in [-0.4, -0.2) is 35.5 Å². The van der Waals surface area contributed by atoms with E-state index in [0.717, 1.165) is 28.1 Å². The van der Waals surface area contributed by atoms with Gasteiger partial charge in [0.1, 0.15) is 18.2 Å². The third kappa shape index (κ3) is 2.93. The molecule has 2 aliphatic heterocycles. The molecule has 27 heavy (non-hydrogen) atoms. The van der Waals surface area contributed by atoms with Crippen molar-refractivity contribution < 1.29 is 14.3 Å². The Morgan fingerprint density at radius 2 is 2.07 bits per heavy atom. The smallest absolute Gasteiger partial charge is 0.254 e. The molecule has 1 amide bonds. The SMILES string of the molecule is O=C(c1cc(Cl)c2c(c1)OCCO2)N1CCC[C@@H]1c1nc2ccccc2s1. The van der Waals surface area contributed by atoms with Crippen LogP contribution in [0.1, 0.15) is 34.2 Å². The maximum absolute atomic E-state index is 13.2. The van der Waals surface area contributed by atoms with Crippen molar-refractivity contribution in [2.45, 2.75) is 18.9 Å². The minimum absolute atomic E-state index is 0.00174. The highest BCUT2D eigenvalue weighted by Gasteiger charge is 2.33. The molecule has 0 bridgehead atoms. The molecule has 2 aromatic carbocycles. The normalized spacial score (nSPS) is 18.9. The lowest BCUT2D eigenvalue weighted by Crippen LogP contribution is -2.30. The maximum Gasteiger partial charge on any atom is 0.254 e. The van der Waals surface area contributed by atoms with E-state index in [1.165, 1.54) is 0 Å². The Morgan fingerprint density at radius 1 is 1.22 bits per heavy atom. The highest BCUT2D eigenvalue weighted by molar-refractivity contribution is 7.18. The van der Waals surface area contributed by atoms with Crippen molar-refractivity contribution in [3.63, 3.8) is 0 Å². The van der Waals surface area contributed by atoms with Crippen LogP contribution in [0, 0.1) is 0 Å². The maximum atomic E-state index is 13.2. The van der Waals surface area contributed by atoms with E-state index in [1.807, 2.05) is 23.1 Å². The predicted molar refractivity (Wildman–Crippen MR) is 105 cm³/mol. The minimum atomic E-state index is -0.0457. The molecule has 5 rings (SSSR count). The molecule has 0 unspecified atom stereocenters. The lowest BCUT2D eigenvalue weighted by molar-refractivity contribution is 0.0734. The number of amides is 1. The van der Waals surface area contributed by atoms with Crippen LogP contribution in [0.3, 0.4) is 0 Å². The number of benzene rings is 2. The first-order chi connectivity index (χ1) is 13.2. The van der Waals surface area contributed by atoms with Crippen molar-refractivity contribution in [3.05, 3.63) is 52.0 Å². The standard InChI is InChI=1S/C20H17ClN2O3S/c21-13-10-12(11-16-18(13)26-9-8-25-16)20(24)23-7-3-5-15(23)19-22-14-4-1-2-6-17(14)27-19/h1-2,4,6,10-11,15H,3,5,7-9H2/t15-/m1/s1. The Kier molecular flexibility index (Phi) is 4.17. The summed E-state index contributed by atoms with van der Waals surface area (Å²) in [5.41, 5.74) is 1.51. The molecular formula is C20H17ClN2O3S. The molecule has 0 radical (unpaired) electrons. The largest absolute Gasteiger partial charge is 0.486 e. The molecule has 138 valence electrons. The lowest BCUT2D eigenvalue weighted by atomic mass is 10.1. The summed E-state index contributed by atoms with van der Waals surface area (Å²) < 4.78 is 12.3. The van der Waals surface area contributed by atoms with E-state index in [0.29, 0.717) is 41.8 Å². The molecule has 1 atom stereocenters. The highest BCUT2D eigenvalue weighted by Crippen LogP contribution is 2.41. The van der Waals surface area contributed by atoms with Crippen LogP contribution in [0.25, 0.3) is 10.2 Å². The van der Waals surface area contributed by atoms with Gasteiger partial charge in [-0.25, -0.2) is 4.98 Å². The number of para-hydroxylation sites is 1. The van der Waals surface area contributed by atoms with Crippen molar-refractivity contribution in [3.8, 4) is 11.5 Å². The van der Waals surface area contributed by atoms with Gasteiger partial charge in [0.2, 0.25) is 0 Å². The predicted octanol–water partition coefficient (Wildman–Crippen LogP) is 4.70. The van der Waals surface area contributed by atoms with Gasteiger partial charge in [-0.15, -0.1) is 11.3 Å². The Balaban J connectivity index is 1.48. The fourth-order valence-electron chi connectivity index (χ4n) is 3.70. The number of thiazole rings is 1. The zero-order valence-electron chi connectivity index (χ0n) is 14.5. The van der Waals surface area contributed by atoms with Crippen LogP contribution in [-0.2, 0) is 0 Å². The molecule has 3 heterocycles. The number of carbonyl (C=O) groups excluding carboxylic acids is 1. The second kappa shape index (κ2) is 6.69. The van der Waals surface area contributed by atoms with Crippen molar-refractivity contribution in [2.75, 3.05) is 19.8 Å². The van der Waals surface area contributed by atoms with Gasteiger partial charge in [0, 0.05) is 12.1 Å². The number of hydrogen-bond donors (Lipinski definition) is 0. The third-order valence-corrected chi connectivity index (χ3v) is 6.37. The number of likely N-dealkylation sites (tertiary alicyclic amines) is 1. The molecule has 5 nitrogen and oxygen atoms in total. The first-order valence-electron chi connectivity index (χ1n) is 8.96. The fraction of sp³-hybridized carbons (Fsp3) is 0.300. The molecule has 0 spiro atoms. The van der Waals surface area contributed by atoms with Gasteiger partial charge in [-0.3, -0.25) is 4.79 Å². The van der Waals surface area contributed by atoms with Crippen molar-refractivity contribution >= 4 is 39.1 Å². The van der Waals surface area contributed by atoms with E-state index in [4.69, 9.17) is 26.1 Å². The molecule has 2 aliphatic rings. The quantitative estimate of drug-likeness (QED) is 0.625. The molecule has 3 aromatic rings. The van der Waals surface area contributed by atoms with Gasteiger partial charge in [-0.1, -0.05) is 23.7 Å². The fourth-order valence-corrected chi connectivity index (χ4v) is 5.08. The summed E-state index contributed by atoms with van der Waals surface area (Å²) in [6.45, 7) is 1.64. The molecular weight excluding hydrogens is 384 g/mol. The van der Waals surface area contributed by atoms with Crippen LogP contribution >= 0.6 is 22.9 Å². The number of ether oxygens (including phenoxy) is 2. The minimum Gasteiger partial charge on any atom is -0.486 e. The van der Waals surface area contributed by atoms with Crippen LogP contribution < -0.4 is 9.47 Å². The molecule has 1 saturated heterocycles. The second-order valence-electron chi connectivity index (χ2n) is 6.66. The average molecular weight is 401 g/mol. The monoisotopic (exact) mass is 400 g/mol. The number of halogens is 1. The van der Waals surface area contributed by atoms with E-state index in [9.17, 15) is 4.79 Å². The Bertz CT molecular complexity index is 1000. The Hall–Kier alpha value is -2.31. The summed E-state index contributed by atoms with van der Waals surface area (Å²) in [5, 5.41) is 1.40. The van der Waals surface area contributed by atoms with Gasteiger partial charge in [0.15, 0.2) is 11.5 Å². The molecule has 0 aliphatic carbocycles. The molecule has 7 heteroatoms. The van der Waals surface area contributed by atoms with Crippen LogP contribution in [0.15, 0.2) is 36.4 Å². The highest BCUT2D eigenvalue weighted by atomic mass is 35.5. The Labute approximate surface area is 165 Å². The van der Waals surface area contributed by atoms with E-state index < -0.39 is 0 Å². The second-order valence-corrected chi connectivity index (χ2v) is 8.13. The van der Waals surface area contributed by atoms with Gasteiger partial charge in [0.05, 0.1) is 21.3 Å². The van der Waals surface area contributed by atoms with Crippen molar-refractivity contribution in [1.29, 1.82) is 0 Å². The number of fused-ring (bicyclic) bond motifs is 2. The summed E-state index contributed by atoms with van der Waals surface area (Å²) in [7, 11) is 0. The van der Waals surface area contributed by atoms with Gasteiger partial charge in [-0.2, -0.15) is 0 Å².